The highest BCUT2D eigenvalue weighted by molar-refractivity contribution is 6.31. The van der Waals surface area contributed by atoms with Crippen LogP contribution in [0.1, 0.15) is 50.5 Å². The fourth-order valence-corrected chi connectivity index (χ4v) is 6.00. The fourth-order valence-electron chi connectivity index (χ4n) is 5.63. The molecule has 30 heavy (non-hydrogen) atoms. The summed E-state index contributed by atoms with van der Waals surface area (Å²) < 4.78 is 15.1. The second kappa shape index (κ2) is 8.86. The molecule has 1 amide bonds. The number of nitrogens with one attached hydrogen (secondary N) is 1. The summed E-state index contributed by atoms with van der Waals surface area (Å²) in [5.41, 5.74) is 0.947. The molecular formula is C24H27Cl2FN2O. The molecule has 1 aliphatic carbocycles. The normalized spacial score (nSPS) is 23.6. The molecule has 2 aromatic rings. The fraction of sp³-hybridized carbons (Fsp3) is 0.458. The number of hydrogen-bond acceptors (Lipinski definition) is 2. The quantitative estimate of drug-likeness (QED) is 0.577. The topological polar surface area (TPSA) is 32.3 Å². The number of hydrogen-bond donors (Lipinski definition) is 1. The molecule has 1 saturated heterocycles. The molecule has 1 aliphatic heterocycles. The molecule has 1 saturated carbocycles. The van der Waals surface area contributed by atoms with Crippen molar-refractivity contribution in [2.24, 2.45) is 5.92 Å². The number of halogens is 3. The molecule has 0 bridgehead atoms. The van der Waals surface area contributed by atoms with E-state index in [1.165, 1.54) is 6.42 Å². The maximum atomic E-state index is 15.1. The number of benzene rings is 2. The van der Waals surface area contributed by atoms with E-state index in [9.17, 15) is 4.79 Å². The molecule has 1 N–H and O–H groups in total. The van der Waals surface area contributed by atoms with Crippen molar-refractivity contribution >= 4 is 34.8 Å². The van der Waals surface area contributed by atoms with E-state index in [0.717, 1.165) is 32.2 Å². The molecule has 0 aromatic heterocycles. The molecule has 0 radical (unpaired) electrons. The number of nitrogens with zero attached hydrogens (tertiary/aromatic N) is 1. The van der Waals surface area contributed by atoms with Crippen LogP contribution in [0.15, 0.2) is 42.5 Å². The minimum absolute atomic E-state index is 0.0699. The van der Waals surface area contributed by atoms with Crippen molar-refractivity contribution in [2.75, 3.05) is 18.4 Å². The van der Waals surface area contributed by atoms with Gasteiger partial charge in [0.2, 0.25) is 5.91 Å². The molecule has 1 heterocycles. The molecular weight excluding hydrogens is 422 g/mol. The Morgan fingerprint density at radius 3 is 2.60 bits per heavy atom. The second-order valence-electron chi connectivity index (χ2n) is 8.43. The highest BCUT2D eigenvalue weighted by Gasteiger charge is 2.56. The Morgan fingerprint density at radius 2 is 1.90 bits per heavy atom. The standard InChI is InChI=1S/C24H27Cl2FN2O/c1-2-29-15-19(18-10-7-11-20(26)22(18)27)21(24(29)12-4-3-5-13-24)23(30)28-17-9-6-8-16(25)14-17/h6-11,14,19,21H,2-5,12-13,15H2,1H3,(H,28,30). The molecule has 2 fully saturated rings. The highest BCUT2D eigenvalue weighted by atomic mass is 35.5. The maximum Gasteiger partial charge on any atom is 0.230 e. The van der Waals surface area contributed by atoms with Gasteiger partial charge in [0.1, 0.15) is 5.82 Å². The van der Waals surface area contributed by atoms with Gasteiger partial charge >= 0.3 is 0 Å². The van der Waals surface area contributed by atoms with Crippen LogP contribution in [0.5, 0.6) is 0 Å². The molecule has 4 rings (SSSR count). The van der Waals surface area contributed by atoms with Crippen molar-refractivity contribution in [3.8, 4) is 0 Å². The van der Waals surface area contributed by atoms with Gasteiger partial charge in [0, 0.05) is 28.7 Å². The van der Waals surface area contributed by atoms with Crippen molar-refractivity contribution in [1.29, 1.82) is 0 Å². The summed E-state index contributed by atoms with van der Waals surface area (Å²) in [4.78, 5) is 16.1. The SMILES string of the molecule is CCN1CC(c2cccc(Cl)c2F)C(C(=O)Nc2cccc(Cl)c2)C12CCCCC2. The van der Waals surface area contributed by atoms with Gasteiger partial charge < -0.3 is 5.32 Å². The Labute approximate surface area is 187 Å². The number of likely N-dealkylation sites (N-methyl/N-ethyl adjacent to an activating group) is 1. The third kappa shape index (κ3) is 3.86. The van der Waals surface area contributed by atoms with E-state index < -0.39 is 5.82 Å². The van der Waals surface area contributed by atoms with Crippen molar-refractivity contribution in [3.05, 3.63) is 63.9 Å². The summed E-state index contributed by atoms with van der Waals surface area (Å²) in [6, 6.07) is 12.3. The van der Waals surface area contributed by atoms with E-state index in [1.54, 1.807) is 30.3 Å². The number of amides is 1. The van der Waals surface area contributed by atoms with E-state index in [2.05, 4.69) is 17.1 Å². The summed E-state index contributed by atoms with van der Waals surface area (Å²) in [5.74, 6) is -1.08. The van der Waals surface area contributed by atoms with E-state index in [0.29, 0.717) is 22.8 Å². The summed E-state index contributed by atoms with van der Waals surface area (Å²) >= 11 is 12.2. The number of rotatable bonds is 4. The van der Waals surface area contributed by atoms with Gasteiger partial charge in [-0.15, -0.1) is 0 Å². The summed E-state index contributed by atoms with van der Waals surface area (Å²) in [5, 5.41) is 3.74. The van der Waals surface area contributed by atoms with Crippen LogP contribution in [0.25, 0.3) is 0 Å². The van der Waals surface area contributed by atoms with Crippen LogP contribution in [0.2, 0.25) is 10.0 Å². The van der Waals surface area contributed by atoms with Crippen LogP contribution in [0.4, 0.5) is 10.1 Å². The first-order chi connectivity index (χ1) is 14.5. The number of anilines is 1. The van der Waals surface area contributed by atoms with Gasteiger partial charge in [-0.05, 0) is 49.2 Å². The van der Waals surface area contributed by atoms with Gasteiger partial charge in [0.25, 0.3) is 0 Å². The zero-order chi connectivity index (χ0) is 21.3. The van der Waals surface area contributed by atoms with Gasteiger partial charge in [0.15, 0.2) is 0 Å². The summed E-state index contributed by atoms with van der Waals surface area (Å²) in [7, 11) is 0. The summed E-state index contributed by atoms with van der Waals surface area (Å²) in [6.45, 7) is 3.61. The van der Waals surface area contributed by atoms with Crippen molar-refractivity contribution < 1.29 is 9.18 Å². The van der Waals surface area contributed by atoms with Crippen LogP contribution < -0.4 is 5.32 Å². The Bertz CT molecular complexity index is 929. The molecule has 6 heteroatoms. The number of carbonyl (C=O) groups excluding carboxylic acids is 1. The zero-order valence-electron chi connectivity index (χ0n) is 17.1. The molecule has 3 nitrogen and oxygen atoms in total. The highest BCUT2D eigenvalue weighted by Crippen LogP contribution is 2.52. The Kier molecular flexibility index (Phi) is 6.38. The lowest BCUT2D eigenvalue weighted by Gasteiger charge is -2.45. The van der Waals surface area contributed by atoms with Crippen molar-refractivity contribution in [2.45, 2.75) is 50.5 Å². The molecule has 2 atom stereocenters. The molecule has 160 valence electrons. The minimum Gasteiger partial charge on any atom is -0.326 e. The monoisotopic (exact) mass is 448 g/mol. The average molecular weight is 449 g/mol. The molecule has 2 unspecified atom stereocenters. The first-order valence-corrected chi connectivity index (χ1v) is 11.5. The third-order valence-electron chi connectivity index (χ3n) is 6.88. The van der Waals surface area contributed by atoms with E-state index in [1.807, 2.05) is 12.1 Å². The van der Waals surface area contributed by atoms with Gasteiger partial charge in [-0.2, -0.15) is 0 Å². The Morgan fingerprint density at radius 1 is 1.17 bits per heavy atom. The first kappa shape index (κ1) is 21.6. The summed E-state index contributed by atoms with van der Waals surface area (Å²) in [6.07, 6.45) is 5.25. The van der Waals surface area contributed by atoms with E-state index >= 15 is 4.39 Å². The Balaban J connectivity index is 1.76. The van der Waals surface area contributed by atoms with Crippen LogP contribution in [0, 0.1) is 11.7 Å². The largest absolute Gasteiger partial charge is 0.326 e. The lowest BCUT2D eigenvalue weighted by atomic mass is 9.69. The number of likely N-dealkylation sites (tertiary alicyclic amines) is 1. The second-order valence-corrected chi connectivity index (χ2v) is 9.27. The van der Waals surface area contributed by atoms with Crippen LogP contribution in [-0.4, -0.2) is 29.4 Å². The molecule has 1 spiro atoms. The van der Waals surface area contributed by atoms with Gasteiger partial charge in [-0.3, -0.25) is 9.69 Å². The smallest absolute Gasteiger partial charge is 0.230 e. The van der Waals surface area contributed by atoms with Crippen molar-refractivity contribution in [1.82, 2.24) is 4.90 Å². The van der Waals surface area contributed by atoms with Crippen LogP contribution >= 0.6 is 23.2 Å². The average Bonchev–Trinajstić information content (AvgIpc) is 3.03. The first-order valence-electron chi connectivity index (χ1n) is 10.7. The molecule has 2 aromatic carbocycles. The Hall–Kier alpha value is -1.62. The van der Waals surface area contributed by atoms with Gasteiger partial charge in [-0.1, -0.05) is 67.6 Å². The maximum absolute atomic E-state index is 15.1. The van der Waals surface area contributed by atoms with Crippen LogP contribution in [0.3, 0.4) is 0 Å². The zero-order valence-corrected chi connectivity index (χ0v) is 18.6. The van der Waals surface area contributed by atoms with E-state index in [-0.39, 0.29) is 28.3 Å². The lowest BCUT2D eigenvalue weighted by Crippen LogP contribution is -2.52. The van der Waals surface area contributed by atoms with Crippen LogP contribution in [-0.2, 0) is 4.79 Å². The minimum atomic E-state index is -0.409. The van der Waals surface area contributed by atoms with Gasteiger partial charge in [-0.25, -0.2) is 4.39 Å². The van der Waals surface area contributed by atoms with E-state index in [4.69, 9.17) is 23.2 Å². The van der Waals surface area contributed by atoms with Gasteiger partial charge in [0.05, 0.1) is 10.9 Å². The lowest BCUT2D eigenvalue weighted by molar-refractivity contribution is -0.124. The van der Waals surface area contributed by atoms with Crippen molar-refractivity contribution in [3.63, 3.8) is 0 Å². The molecule has 2 aliphatic rings. The number of carbonyl (C=O) groups is 1. The predicted molar refractivity (Wildman–Crippen MR) is 121 cm³/mol. The predicted octanol–water partition coefficient (Wildman–Crippen LogP) is 6.51. The third-order valence-corrected chi connectivity index (χ3v) is 7.41.